The molecule has 0 saturated carbocycles. The lowest BCUT2D eigenvalue weighted by Gasteiger charge is -2.14. The maximum Gasteiger partial charge on any atom is 0.307 e. The van der Waals surface area contributed by atoms with Gasteiger partial charge >= 0.3 is 5.97 Å². The monoisotopic (exact) mass is 294 g/mol. The van der Waals surface area contributed by atoms with Crippen molar-refractivity contribution < 1.29 is 19.5 Å². The van der Waals surface area contributed by atoms with E-state index in [-0.39, 0.29) is 24.8 Å². The first-order chi connectivity index (χ1) is 9.54. The van der Waals surface area contributed by atoms with E-state index in [0.29, 0.717) is 22.9 Å². The molecular weight excluding hydrogens is 280 g/mol. The fourth-order valence-electron chi connectivity index (χ4n) is 1.79. The van der Waals surface area contributed by atoms with Gasteiger partial charge in [-0.05, 0) is 17.7 Å². The second kappa shape index (κ2) is 6.42. The minimum atomic E-state index is -0.896. The number of amides is 2. The summed E-state index contributed by atoms with van der Waals surface area (Å²) in [7, 11) is 0. The number of rotatable bonds is 5. The third-order valence-electron chi connectivity index (χ3n) is 2.75. The molecule has 6 nitrogen and oxygen atoms in total. The van der Waals surface area contributed by atoms with Gasteiger partial charge in [-0.15, -0.1) is 11.8 Å². The van der Waals surface area contributed by atoms with Crippen LogP contribution in [0.2, 0.25) is 0 Å². The lowest BCUT2D eigenvalue weighted by molar-refractivity contribution is -0.136. The molecule has 1 fully saturated rings. The molecule has 1 aliphatic heterocycles. The fraction of sp³-hybridized carbons (Fsp3) is 0.308. The quantitative estimate of drug-likeness (QED) is 0.838. The van der Waals surface area contributed by atoms with Crippen molar-refractivity contribution in [3.05, 3.63) is 29.8 Å². The first kappa shape index (κ1) is 14.4. The first-order valence-electron chi connectivity index (χ1n) is 6.00. The van der Waals surface area contributed by atoms with Crippen LogP contribution < -0.4 is 5.32 Å². The Hall–Kier alpha value is -2.02. The number of nitrogens with zero attached hydrogens (tertiary/aromatic N) is 1. The van der Waals surface area contributed by atoms with E-state index in [1.807, 2.05) is 0 Å². The Labute approximate surface area is 120 Å². The molecular formula is C13H14N2O4S. The van der Waals surface area contributed by atoms with Crippen LogP contribution in [0.4, 0.5) is 5.69 Å². The SMILES string of the molecule is O=C(O)Cc1ccc(NC(=O)CN2CSCC2=O)cc1. The molecule has 0 unspecified atom stereocenters. The second-order valence-electron chi connectivity index (χ2n) is 4.38. The van der Waals surface area contributed by atoms with Crippen LogP contribution in [0.15, 0.2) is 24.3 Å². The molecule has 106 valence electrons. The Kier molecular flexibility index (Phi) is 4.62. The lowest BCUT2D eigenvalue weighted by Crippen LogP contribution is -2.34. The van der Waals surface area contributed by atoms with Crippen molar-refractivity contribution in [1.29, 1.82) is 0 Å². The number of hydrogen-bond acceptors (Lipinski definition) is 4. The highest BCUT2D eigenvalue weighted by Gasteiger charge is 2.22. The third kappa shape index (κ3) is 3.99. The van der Waals surface area contributed by atoms with E-state index in [1.54, 1.807) is 24.3 Å². The van der Waals surface area contributed by atoms with Gasteiger partial charge < -0.3 is 15.3 Å². The van der Waals surface area contributed by atoms with Gasteiger partial charge in [-0.1, -0.05) is 12.1 Å². The van der Waals surface area contributed by atoms with Crippen LogP contribution in [0.3, 0.4) is 0 Å². The molecule has 2 amide bonds. The Morgan fingerprint density at radius 1 is 1.30 bits per heavy atom. The largest absolute Gasteiger partial charge is 0.481 e. The number of anilines is 1. The predicted octanol–water partition coefficient (Wildman–Crippen LogP) is 0.785. The summed E-state index contributed by atoms with van der Waals surface area (Å²) >= 11 is 1.49. The Morgan fingerprint density at radius 2 is 2.00 bits per heavy atom. The van der Waals surface area contributed by atoms with Crippen molar-refractivity contribution >= 4 is 35.2 Å². The standard InChI is InChI=1S/C13H14N2O4S/c16-11(6-15-8-20-7-12(15)17)14-10-3-1-9(2-4-10)5-13(18)19/h1-4H,5-8H2,(H,14,16)(H,18,19). The fourth-order valence-corrected chi connectivity index (χ4v) is 2.70. The molecule has 1 aromatic rings. The molecule has 0 radical (unpaired) electrons. The number of aliphatic carboxylic acids is 1. The van der Waals surface area contributed by atoms with Crippen LogP contribution >= 0.6 is 11.8 Å². The summed E-state index contributed by atoms with van der Waals surface area (Å²) in [4.78, 5) is 35.2. The summed E-state index contributed by atoms with van der Waals surface area (Å²) in [6.07, 6.45) is -0.0479. The van der Waals surface area contributed by atoms with Crippen molar-refractivity contribution in [2.24, 2.45) is 0 Å². The number of carbonyl (C=O) groups is 3. The van der Waals surface area contributed by atoms with Gasteiger partial charge in [0.2, 0.25) is 11.8 Å². The molecule has 1 aliphatic rings. The van der Waals surface area contributed by atoms with Gasteiger partial charge in [0.15, 0.2) is 0 Å². The molecule has 0 atom stereocenters. The number of carbonyl (C=O) groups excluding carboxylic acids is 2. The number of nitrogens with one attached hydrogen (secondary N) is 1. The van der Waals surface area contributed by atoms with Crippen molar-refractivity contribution in [3.8, 4) is 0 Å². The molecule has 2 N–H and O–H groups in total. The van der Waals surface area contributed by atoms with Crippen molar-refractivity contribution in [2.45, 2.75) is 6.42 Å². The Morgan fingerprint density at radius 3 is 2.55 bits per heavy atom. The molecule has 0 bridgehead atoms. The molecule has 1 heterocycles. The van der Waals surface area contributed by atoms with E-state index in [1.165, 1.54) is 16.7 Å². The number of carboxylic acid groups (broad SMARTS) is 1. The van der Waals surface area contributed by atoms with E-state index in [9.17, 15) is 14.4 Å². The van der Waals surface area contributed by atoms with Gasteiger partial charge in [0.25, 0.3) is 0 Å². The van der Waals surface area contributed by atoms with Gasteiger partial charge in [0.1, 0.15) is 6.54 Å². The molecule has 7 heteroatoms. The van der Waals surface area contributed by atoms with Crippen molar-refractivity contribution in [3.63, 3.8) is 0 Å². The molecule has 0 aromatic heterocycles. The highest BCUT2D eigenvalue weighted by molar-refractivity contribution is 8.00. The molecule has 1 saturated heterocycles. The zero-order chi connectivity index (χ0) is 14.5. The van der Waals surface area contributed by atoms with E-state index in [2.05, 4.69) is 5.32 Å². The number of thioether (sulfide) groups is 1. The molecule has 1 aromatic carbocycles. The zero-order valence-corrected chi connectivity index (χ0v) is 11.5. The first-order valence-corrected chi connectivity index (χ1v) is 7.16. The highest BCUT2D eigenvalue weighted by atomic mass is 32.2. The van der Waals surface area contributed by atoms with Crippen LogP contribution in [0.25, 0.3) is 0 Å². The Balaban J connectivity index is 1.87. The summed E-state index contributed by atoms with van der Waals surface area (Å²) in [5.41, 5.74) is 1.25. The zero-order valence-electron chi connectivity index (χ0n) is 10.7. The third-order valence-corrected chi connectivity index (χ3v) is 3.70. The summed E-state index contributed by atoms with van der Waals surface area (Å²) in [6, 6.07) is 6.61. The minimum Gasteiger partial charge on any atom is -0.481 e. The predicted molar refractivity (Wildman–Crippen MR) is 75.4 cm³/mol. The summed E-state index contributed by atoms with van der Waals surface area (Å²) in [6.45, 7) is 0.0444. The van der Waals surface area contributed by atoms with Gasteiger partial charge in [0.05, 0.1) is 18.1 Å². The van der Waals surface area contributed by atoms with Gasteiger partial charge in [-0.3, -0.25) is 14.4 Å². The average Bonchev–Trinajstić information content (AvgIpc) is 2.77. The van der Waals surface area contributed by atoms with Crippen LogP contribution in [-0.4, -0.2) is 46.0 Å². The molecule has 2 rings (SSSR count). The minimum absolute atomic E-state index is 0.0260. The number of benzene rings is 1. The highest BCUT2D eigenvalue weighted by Crippen LogP contribution is 2.15. The van der Waals surface area contributed by atoms with E-state index >= 15 is 0 Å². The smallest absolute Gasteiger partial charge is 0.307 e. The number of carboxylic acids is 1. The normalized spacial score (nSPS) is 14.4. The summed E-state index contributed by atoms with van der Waals surface area (Å²) in [5.74, 6) is -0.207. The van der Waals surface area contributed by atoms with Gasteiger partial charge in [-0.25, -0.2) is 0 Å². The molecule has 0 aliphatic carbocycles. The lowest BCUT2D eigenvalue weighted by atomic mass is 10.1. The Bertz CT molecular complexity index is 530. The van der Waals surface area contributed by atoms with Crippen LogP contribution in [0, 0.1) is 0 Å². The molecule has 20 heavy (non-hydrogen) atoms. The second-order valence-corrected chi connectivity index (χ2v) is 5.34. The van der Waals surface area contributed by atoms with Gasteiger partial charge in [-0.2, -0.15) is 0 Å². The van der Waals surface area contributed by atoms with Crippen molar-refractivity contribution in [1.82, 2.24) is 4.90 Å². The summed E-state index contributed by atoms with van der Waals surface area (Å²) in [5, 5.41) is 11.3. The van der Waals surface area contributed by atoms with E-state index in [0.717, 1.165) is 0 Å². The van der Waals surface area contributed by atoms with Crippen LogP contribution in [0.1, 0.15) is 5.56 Å². The number of hydrogen-bond donors (Lipinski definition) is 2. The van der Waals surface area contributed by atoms with E-state index in [4.69, 9.17) is 5.11 Å². The van der Waals surface area contributed by atoms with E-state index < -0.39 is 5.97 Å². The average molecular weight is 294 g/mol. The van der Waals surface area contributed by atoms with Crippen LogP contribution in [0.5, 0.6) is 0 Å². The summed E-state index contributed by atoms with van der Waals surface area (Å²) < 4.78 is 0. The maximum absolute atomic E-state index is 11.8. The van der Waals surface area contributed by atoms with Crippen molar-refractivity contribution in [2.75, 3.05) is 23.5 Å². The topological polar surface area (TPSA) is 86.7 Å². The molecule has 0 spiro atoms. The van der Waals surface area contributed by atoms with Crippen LogP contribution in [-0.2, 0) is 20.8 Å². The maximum atomic E-state index is 11.8. The van der Waals surface area contributed by atoms with Gasteiger partial charge in [0, 0.05) is 5.69 Å².